The van der Waals surface area contributed by atoms with Crippen LogP contribution in [-0.2, 0) is 0 Å². The number of nitrogens with zero attached hydrogens (tertiary/aromatic N) is 2. The Morgan fingerprint density at radius 2 is 1.66 bits per heavy atom. The number of benzene rings is 2. The van der Waals surface area contributed by atoms with Crippen LogP contribution in [0.15, 0.2) is 66.8 Å². The van der Waals surface area contributed by atoms with Gasteiger partial charge in [0.15, 0.2) is 0 Å². The van der Waals surface area contributed by atoms with E-state index in [9.17, 15) is 9.18 Å². The van der Waals surface area contributed by atoms with E-state index in [-0.39, 0.29) is 11.7 Å². The smallest absolute Gasteiger partial charge is 0.253 e. The van der Waals surface area contributed by atoms with E-state index >= 15 is 0 Å². The molecule has 2 aromatic rings. The molecule has 0 aliphatic carbocycles. The number of piperidine rings is 1. The molecule has 2 aliphatic heterocycles. The van der Waals surface area contributed by atoms with Crippen LogP contribution in [0.4, 0.5) is 4.39 Å². The Balaban J connectivity index is 1.73. The summed E-state index contributed by atoms with van der Waals surface area (Å²) < 4.78 is 14.2. The number of carbonyl (C=O) groups excluding carboxylic acids is 1. The molecule has 0 radical (unpaired) electrons. The van der Waals surface area contributed by atoms with Crippen molar-refractivity contribution in [1.82, 2.24) is 9.80 Å². The first kappa shape index (κ1) is 22.5. The Kier molecular flexibility index (Phi) is 6.90. The topological polar surface area (TPSA) is 23.6 Å². The standard InChI is InChI=1S/C28H33FN2O/c1-4-16-31-25-14-15-26(31)19-23(18-25)27(22-8-7-9-24(29)17-22)20-10-12-21(13-11-20)28(32)30(5-2)6-3/h4,7-13,17,25-26H,1,5-6,14-16,18-19H2,2-3H3. The summed E-state index contributed by atoms with van der Waals surface area (Å²) in [6, 6.07) is 15.8. The van der Waals surface area contributed by atoms with E-state index < -0.39 is 0 Å². The highest BCUT2D eigenvalue weighted by Crippen LogP contribution is 2.42. The third-order valence-electron chi connectivity index (χ3n) is 7.01. The summed E-state index contributed by atoms with van der Waals surface area (Å²) in [5.74, 6) is -0.168. The zero-order valence-corrected chi connectivity index (χ0v) is 19.2. The predicted octanol–water partition coefficient (Wildman–Crippen LogP) is 5.92. The largest absolute Gasteiger partial charge is 0.339 e. The Morgan fingerprint density at radius 3 is 2.22 bits per heavy atom. The second kappa shape index (κ2) is 9.83. The van der Waals surface area contributed by atoms with Crippen LogP contribution in [0.5, 0.6) is 0 Å². The zero-order valence-electron chi connectivity index (χ0n) is 19.2. The van der Waals surface area contributed by atoms with E-state index in [1.165, 1.54) is 24.5 Å². The Hall–Kier alpha value is -2.72. The quantitative estimate of drug-likeness (QED) is 0.507. The Labute approximate surface area is 191 Å². The normalized spacial score (nSPS) is 20.3. The minimum absolute atomic E-state index is 0.0530. The maximum Gasteiger partial charge on any atom is 0.253 e. The molecule has 1 amide bonds. The Bertz CT molecular complexity index is 990. The van der Waals surface area contributed by atoms with Crippen molar-refractivity contribution in [3.05, 3.63) is 89.3 Å². The number of rotatable bonds is 7. The summed E-state index contributed by atoms with van der Waals surface area (Å²) in [5.41, 5.74) is 5.19. The molecule has 2 saturated heterocycles. The molecule has 2 bridgehead atoms. The molecule has 168 valence electrons. The first-order chi connectivity index (χ1) is 15.5. The summed E-state index contributed by atoms with van der Waals surface area (Å²) in [5, 5.41) is 0. The van der Waals surface area contributed by atoms with Crippen LogP contribution in [0.1, 0.15) is 61.0 Å². The lowest BCUT2D eigenvalue weighted by atomic mass is 9.85. The average molecular weight is 433 g/mol. The van der Waals surface area contributed by atoms with E-state index in [4.69, 9.17) is 0 Å². The number of hydrogen-bond donors (Lipinski definition) is 0. The van der Waals surface area contributed by atoms with Crippen LogP contribution in [0, 0.1) is 5.82 Å². The third kappa shape index (κ3) is 4.42. The number of hydrogen-bond acceptors (Lipinski definition) is 2. The molecule has 4 rings (SSSR count). The van der Waals surface area contributed by atoms with Crippen LogP contribution in [0.25, 0.3) is 5.57 Å². The average Bonchev–Trinajstić information content (AvgIpc) is 3.03. The van der Waals surface area contributed by atoms with Crippen LogP contribution in [0.3, 0.4) is 0 Å². The van der Waals surface area contributed by atoms with Gasteiger partial charge < -0.3 is 4.90 Å². The minimum atomic E-state index is -0.221. The first-order valence-electron chi connectivity index (χ1n) is 11.8. The fourth-order valence-electron chi connectivity index (χ4n) is 5.45. The van der Waals surface area contributed by atoms with Gasteiger partial charge in [-0.05, 0) is 80.5 Å². The second-order valence-electron chi connectivity index (χ2n) is 8.82. The molecule has 0 N–H and O–H groups in total. The molecule has 4 heteroatoms. The molecule has 3 nitrogen and oxygen atoms in total. The lowest BCUT2D eigenvalue weighted by molar-refractivity contribution is 0.0773. The van der Waals surface area contributed by atoms with Crippen molar-refractivity contribution in [3.8, 4) is 0 Å². The van der Waals surface area contributed by atoms with Gasteiger partial charge in [0.2, 0.25) is 0 Å². The van der Waals surface area contributed by atoms with Crippen LogP contribution < -0.4 is 0 Å². The summed E-state index contributed by atoms with van der Waals surface area (Å²) in [6.07, 6.45) is 6.40. The number of carbonyl (C=O) groups is 1. The zero-order chi connectivity index (χ0) is 22.7. The van der Waals surface area contributed by atoms with Gasteiger partial charge in [0.25, 0.3) is 5.91 Å². The van der Waals surface area contributed by atoms with E-state index in [0.717, 1.165) is 36.1 Å². The minimum Gasteiger partial charge on any atom is -0.339 e. The number of halogens is 1. The van der Waals surface area contributed by atoms with Gasteiger partial charge in [0.1, 0.15) is 5.82 Å². The van der Waals surface area contributed by atoms with Crippen LogP contribution >= 0.6 is 0 Å². The van der Waals surface area contributed by atoms with Crippen molar-refractivity contribution < 1.29 is 9.18 Å². The second-order valence-corrected chi connectivity index (χ2v) is 8.82. The fraction of sp³-hybridized carbons (Fsp3) is 0.393. The highest BCUT2D eigenvalue weighted by atomic mass is 19.1. The van der Waals surface area contributed by atoms with Gasteiger partial charge in [-0.25, -0.2) is 4.39 Å². The molecule has 0 spiro atoms. The molecular formula is C28H33FN2O. The van der Waals surface area contributed by atoms with E-state index in [1.807, 2.05) is 55.2 Å². The molecule has 2 fully saturated rings. The third-order valence-corrected chi connectivity index (χ3v) is 7.01. The molecule has 2 atom stereocenters. The highest BCUT2D eigenvalue weighted by Gasteiger charge is 2.38. The molecule has 0 saturated carbocycles. The fourth-order valence-corrected chi connectivity index (χ4v) is 5.45. The van der Waals surface area contributed by atoms with Crippen molar-refractivity contribution in [3.63, 3.8) is 0 Å². The Morgan fingerprint density at radius 1 is 1.03 bits per heavy atom. The van der Waals surface area contributed by atoms with Gasteiger partial charge in [-0.3, -0.25) is 9.69 Å². The van der Waals surface area contributed by atoms with Gasteiger partial charge in [-0.15, -0.1) is 6.58 Å². The monoisotopic (exact) mass is 432 g/mol. The number of fused-ring (bicyclic) bond motifs is 2. The SMILES string of the molecule is C=CCN1C2CCC1CC(=C(c1ccc(C(=O)N(CC)CC)cc1)c1cccc(F)c1)C2. The highest BCUT2D eigenvalue weighted by molar-refractivity contribution is 5.95. The predicted molar refractivity (Wildman–Crippen MR) is 129 cm³/mol. The van der Waals surface area contributed by atoms with Crippen molar-refractivity contribution >= 4 is 11.5 Å². The van der Waals surface area contributed by atoms with Crippen molar-refractivity contribution in [2.45, 2.75) is 51.6 Å². The summed E-state index contributed by atoms with van der Waals surface area (Å²) in [4.78, 5) is 17.1. The molecule has 0 aromatic heterocycles. The lowest BCUT2D eigenvalue weighted by Gasteiger charge is -2.36. The maximum atomic E-state index is 14.2. The molecule has 2 aliphatic rings. The van der Waals surface area contributed by atoms with E-state index in [2.05, 4.69) is 11.5 Å². The molecule has 2 aromatic carbocycles. The number of amides is 1. The summed E-state index contributed by atoms with van der Waals surface area (Å²) in [6.45, 7) is 10.2. The van der Waals surface area contributed by atoms with Crippen LogP contribution in [0.2, 0.25) is 0 Å². The van der Waals surface area contributed by atoms with Crippen LogP contribution in [-0.4, -0.2) is 47.4 Å². The molecule has 32 heavy (non-hydrogen) atoms. The van der Waals surface area contributed by atoms with Gasteiger partial charge in [-0.1, -0.05) is 35.9 Å². The van der Waals surface area contributed by atoms with E-state index in [1.54, 1.807) is 12.1 Å². The molecule has 2 heterocycles. The first-order valence-corrected chi connectivity index (χ1v) is 11.8. The molecular weight excluding hydrogens is 399 g/mol. The summed E-state index contributed by atoms with van der Waals surface area (Å²) in [7, 11) is 0. The van der Waals surface area contributed by atoms with Crippen molar-refractivity contribution in [2.24, 2.45) is 0 Å². The van der Waals surface area contributed by atoms with E-state index in [0.29, 0.717) is 30.7 Å². The molecule has 2 unspecified atom stereocenters. The lowest BCUT2D eigenvalue weighted by Crippen LogP contribution is -2.40. The van der Waals surface area contributed by atoms with Gasteiger partial charge in [0.05, 0.1) is 0 Å². The van der Waals surface area contributed by atoms with Gasteiger partial charge in [-0.2, -0.15) is 0 Å². The summed E-state index contributed by atoms with van der Waals surface area (Å²) >= 11 is 0. The van der Waals surface area contributed by atoms with Crippen molar-refractivity contribution in [2.75, 3.05) is 19.6 Å². The van der Waals surface area contributed by atoms with Gasteiger partial charge in [0, 0.05) is 37.3 Å². The van der Waals surface area contributed by atoms with Crippen molar-refractivity contribution in [1.29, 1.82) is 0 Å². The van der Waals surface area contributed by atoms with Gasteiger partial charge >= 0.3 is 0 Å². The maximum absolute atomic E-state index is 14.2.